The molecule has 1 rings (SSSR count). The van der Waals surface area contributed by atoms with Gasteiger partial charge < -0.3 is 5.32 Å². The van der Waals surface area contributed by atoms with Gasteiger partial charge in [-0.3, -0.25) is 0 Å². The molecule has 0 aliphatic carbocycles. The van der Waals surface area contributed by atoms with Gasteiger partial charge in [-0.15, -0.1) is 0 Å². The molecule has 2 heteroatoms. The molecule has 20 heavy (non-hydrogen) atoms. The molecule has 0 aromatic rings. The van der Waals surface area contributed by atoms with Crippen molar-refractivity contribution in [2.75, 3.05) is 11.5 Å². The van der Waals surface area contributed by atoms with Crippen LogP contribution in [0.5, 0.6) is 0 Å². The highest BCUT2D eigenvalue weighted by Crippen LogP contribution is 2.32. The smallest absolute Gasteiger partial charge is 0.0155 e. The number of dihydropyridines is 1. The van der Waals surface area contributed by atoms with E-state index >= 15 is 0 Å². The van der Waals surface area contributed by atoms with E-state index in [2.05, 4.69) is 57.9 Å². The van der Waals surface area contributed by atoms with Gasteiger partial charge in [0.25, 0.3) is 0 Å². The molecule has 1 aliphatic rings. The molecule has 0 atom stereocenters. The third-order valence-electron chi connectivity index (χ3n) is 3.69. The van der Waals surface area contributed by atoms with Gasteiger partial charge in [0.15, 0.2) is 0 Å². The van der Waals surface area contributed by atoms with Gasteiger partial charge in [-0.1, -0.05) is 25.7 Å². The Bertz CT molecular complexity index is 440. The van der Waals surface area contributed by atoms with Crippen LogP contribution in [-0.4, -0.2) is 11.5 Å². The van der Waals surface area contributed by atoms with Crippen LogP contribution in [0.25, 0.3) is 0 Å². The van der Waals surface area contributed by atoms with Crippen LogP contribution in [0.15, 0.2) is 46.8 Å². The Kier molecular flexibility index (Phi) is 7.22. The molecule has 0 amide bonds. The summed E-state index contributed by atoms with van der Waals surface area (Å²) in [6.07, 6.45) is 4.59. The topological polar surface area (TPSA) is 12.0 Å². The highest BCUT2D eigenvalue weighted by atomic mass is 32.2. The second-order valence-corrected chi connectivity index (χ2v) is 6.83. The lowest BCUT2D eigenvalue weighted by Gasteiger charge is -2.26. The summed E-state index contributed by atoms with van der Waals surface area (Å²) in [5, 5.41) is 3.48. The zero-order chi connectivity index (χ0) is 15.1. The number of hydrogen-bond donors (Lipinski definition) is 1. The minimum absolute atomic E-state index is 0.987. The summed E-state index contributed by atoms with van der Waals surface area (Å²) in [6, 6.07) is 0. The van der Waals surface area contributed by atoms with Crippen molar-refractivity contribution >= 4 is 11.8 Å². The van der Waals surface area contributed by atoms with Gasteiger partial charge in [-0.2, -0.15) is 11.8 Å². The molecule has 1 N–H and O–H groups in total. The van der Waals surface area contributed by atoms with Crippen molar-refractivity contribution in [3.05, 3.63) is 46.8 Å². The summed E-state index contributed by atoms with van der Waals surface area (Å²) in [6.45, 7) is 17.0. The fraction of sp³-hybridized carbons (Fsp3) is 0.556. The SMILES string of the molecule is C=C(C)C1=C(C)NC(C)=C(C(=C)CCCSCCC)C1. The molecule has 0 spiro atoms. The summed E-state index contributed by atoms with van der Waals surface area (Å²) in [4.78, 5) is 0. The number of rotatable bonds is 8. The second kappa shape index (κ2) is 8.41. The van der Waals surface area contributed by atoms with E-state index in [9.17, 15) is 0 Å². The van der Waals surface area contributed by atoms with Crippen molar-refractivity contribution in [2.45, 2.75) is 53.4 Å². The molecular weight excluding hydrogens is 262 g/mol. The first-order chi connectivity index (χ1) is 9.47. The van der Waals surface area contributed by atoms with E-state index in [1.165, 1.54) is 52.5 Å². The Morgan fingerprint density at radius 1 is 1.15 bits per heavy atom. The summed E-state index contributed by atoms with van der Waals surface area (Å²) in [7, 11) is 0. The maximum Gasteiger partial charge on any atom is 0.0155 e. The number of nitrogens with one attached hydrogen (secondary N) is 1. The second-order valence-electron chi connectivity index (χ2n) is 5.61. The van der Waals surface area contributed by atoms with Crippen LogP contribution in [-0.2, 0) is 0 Å². The van der Waals surface area contributed by atoms with E-state index in [-0.39, 0.29) is 0 Å². The van der Waals surface area contributed by atoms with Crippen LogP contribution >= 0.6 is 11.8 Å². The maximum atomic E-state index is 4.31. The fourth-order valence-corrected chi connectivity index (χ4v) is 3.36. The quantitative estimate of drug-likeness (QED) is 0.586. The monoisotopic (exact) mass is 291 g/mol. The molecule has 0 aromatic carbocycles. The summed E-state index contributed by atoms with van der Waals surface area (Å²) >= 11 is 2.05. The van der Waals surface area contributed by atoms with Crippen molar-refractivity contribution < 1.29 is 0 Å². The normalized spacial score (nSPS) is 15.4. The predicted octanol–water partition coefficient (Wildman–Crippen LogP) is 5.58. The van der Waals surface area contributed by atoms with Gasteiger partial charge in [-0.05, 0) is 68.3 Å². The van der Waals surface area contributed by atoms with Gasteiger partial charge in [0, 0.05) is 17.8 Å². The predicted molar refractivity (Wildman–Crippen MR) is 94.0 cm³/mol. The van der Waals surface area contributed by atoms with Crippen molar-refractivity contribution in [2.24, 2.45) is 0 Å². The molecule has 1 aliphatic heterocycles. The largest absolute Gasteiger partial charge is 0.362 e. The van der Waals surface area contributed by atoms with E-state index in [0.717, 1.165) is 18.4 Å². The molecule has 0 saturated heterocycles. The van der Waals surface area contributed by atoms with Gasteiger partial charge in [0.1, 0.15) is 0 Å². The third-order valence-corrected chi connectivity index (χ3v) is 4.97. The van der Waals surface area contributed by atoms with Crippen LogP contribution in [0.2, 0.25) is 0 Å². The summed E-state index contributed by atoms with van der Waals surface area (Å²) in [5.41, 5.74) is 7.68. The molecule has 0 fully saturated rings. The number of allylic oxidation sites excluding steroid dienone is 6. The Labute approximate surface area is 129 Å². The fourth-order valence-electron chi connectivity index (χ4n) is 2.52. The van der Waals surface area contributed by atoms with Gasteiger partial charge in [0.05, 0.1) is 0 Å². The average molecular weight is 292 g/mol. The Morgan fingerprint density at radius 3 is 2.40 bits per heavy atom. The lowest BCUT2D eigenvalue weighted by atomic mass is 9.89. The summed E-state index contributed by atoms with van der Waals surface area (Å²) < 4.78 is 0. The Morgan fingerprint density at radius 2 is 1.80 bits per heavy atom. The Hall–Kier alpha value is -0.890. The minimum atomic E-state index is 0.987. The zero-order valence-electron chi connectivity index (χ0n) is 13.6. The van der Waals surface area contributed by atoms with E-state index < -0.39 is 0 Å². The number of hydrogen-bond acceptors (Lipinski definition) is 2. The Balaban J connectivity index is 2.55. The third kappa shape index (κ3) is 4.90. The standard InChI is InChI=1S/C18H29NS/c1-7-10-20-11-8-9-14(4)18-12-17(13(2)3)15(5)19-16(18)6/h19H,2,4,7-12H2,1,3,5-6H3. The van der Waals surface area contributed by atoms with Gasteiger partial charge in [-0.25, -0.2) is 0 Å². The van der Waals surface area contributed by atoms with E-state index in [0.29, 0.717) is 0 Å². The first-order valence-electron chi connectivity index (χ1n) is 7.55. The molecule has 112 valence electrons. The molecule has 1 nitrogen and oxygen atoms in total. The maximum absolute atomic E-state index is 4.31. The first-order valence-corrected chi connectivity index (χ1v) is 8.71. The number of thioether (sulfide) groups is 1. The lowest BCUT2D eigenvalue weighted by molar-refractivity contribution is 0.824. The lowest BCUT2D eigenvalue weighted by Crippen LogP contribution is -2.19. The van der Waals surface area contributed by atoms with Crippen LogP contribution in [0.4, 0.5) is 0 Å². The first kappa shape index (κ1) is 17.2. The van der Waals surface area contributed by atoms with Crippen molar-refractivity contribution in [3.63, 3.8) is 0 Å². The molecule has 0 bridgehead atoms. The zero-order valence-corrected chi connectivity index (χ0v) is 14.4. The van der Waals surface area contributed by atoms with Gasteiger partial charge >= 0.3 is 0 Å². The molecular formula is C18H29NS. The van der Waals surface area contributed by atoms with Crippen molar-refractivity contribution in [3.8, 4) is 0 Å². The molecule has 0 radical (unpaired) electrons. The molecule has 0 saturated carbocycles. The van der Waals surface area contributed by atoms with Gasteiger partial charge in [0.2, 0.25) is 0 Å². The van der Waals surface area contributed by atoms with Crippen LogP contribution in [0.3, 0.4) is 0 Å². The highest BCUT2D eigenvalue weighted by Gasteiger charge is 2.17. The average Bonchev–Trinajstić information content (AvgIpc) is 2.37. The van der Waals surface area contributed by atoms with Crippen LogP contribution < -0.4 is 5.32 Å². The molecule has 1 heterocycles. The molecule has 0 aromatic heterocycles. The van der Waals surface area contributed by atoms with Crippen LogP contribution in [0, 0.1) is 0 Å². The van der Waals surface area contributed by atoms with E-state index in [1.807, 2.05) is 0 Å². The van der Waals surface area contributed by atoms with Crippen LogP contribution in [0.1, 0.15) is 53.4 Å². The molecule has 0 unspecified atom stereocenters. The van der Waals surface area contributed by atoms with E-state index in [4.69, 9.17) is 0 Å². The van der Waals surface area contributed by atoms with Crippen molar-refractivity contribution in [1.29, 1.82) is 0 Å². The highest BCUT2D eigenvalue weighted by molar-refractivity contribution is 7.99. The van der Waals surface area contributed by atoms with E-state index in [1.54, 1.807) is 0 Å². The van der Waals surface area contributed by atoms with Crippen molar-refractivity contribution in [1.82, 2.24) is 5.32 Å². The minimum Gasteiger partial charge on any atom is -0.362 e. The summed E-state index contributed by atoms with van der Waals surface area (Å²) in [5.74, 6) is 2.52.